The summed E-state index contributed by atoms with van der Waals surface area (Å²) in [6.45, 7) is 20.7. The molecule has 0 atom stereocenters. The van der Waals surface area contributed by atoms with Gasteiger partial charge in [-0.3, -0.25) is 0 Å². The Morgan fingerprint density at radius 1 is 0.424 bits per heavy atom. The number of para-hydroxylation sites is 2. The van der Waals surface area contributed by atoms with Crippen LogP contribution in [0.25, 0.3) is 22.3 Å². The Morgan fingerprint density at radius 3 is 0.983 bits per heavy atom. The molecular formula is C54H56HfO4-2. The number of benzene rings is 7. The summed E-state index contributed by atoms with van der Waals surface area (Å²) in [5, 5.41) is 22.7. The molecule has 59 heavy (non-hydrogen) atoms. The number of hydrogen-bond acceptors (Lipinski definition) is 4. The van der Waals surface area contributed by atoms with Crippen LogP contribution in [0.1, 0.15) is 74.9 Å². The van der Waals surface area contributed by atoms with E-state index in [1.165, 1.54) is 0 Å². The fraction of sp³-hybridized carbons (Fsp3) is 0.185. The van der Waals surface area contributed by atoms with E-state index in [-0.39, 0.29) is 61.4 Å². The maximum atomic E-state index is 11.3. The molecule has 0 spiro atoms. The molecule has 0 unspecified atom stereocenters. The molecular weight excluding hydrogens is 891 g/mol. The average molecular weight is 948 g/mol. The molecule has 0 bridgehead atoms. The first-order chi connectivity index (χ1) is 27.7. The van der Waals surface area contributed by atoms with Gasteiger partial charge in [-0.1, -0.05) is 126 Å². The Morgan fingerprint density at radius 2 is 0.712 bits per heavy atom. The molecule has 5 heteroatoms. The van der Waals surface area contributed by atoms with Crippen molar-refractivity contribution in [2.75, 3.05) is 0 Å². The SMILES string of the molecule is CC(C)(C)c1cc(COc2ccccc2OCc2cc(C(C)(C)C)cc(-c3ccccc3)c2O)c(O)c(-c2ccccc2)c1.[CH2-]c1ccccc1.[CH2-]c1ccccc1.[Hf]. The third-order valence-corrected chi connectivity index (χ3v) is 9.58. The molecule has 0 aliphatic heterocycles. The van der Waals surface area contributed by atoms with E-state index in [4.69, 9.17) is 9.47 Å². The first kappa shape index (κ1) is 46.0. The van der Waals surface area contributed by atoms with Crippen molar-refractivity contribution >= 4 is 0 Å². The normalized spacial score (nSPS) is 10.8. The maximum Gasteiger partial charge on any atom is 0.161 e. The maximum absolute atomic E-state index is 11.3. The number of aromatic hydroxyl groups is 2. The van der Waals surface area contributed by atoms with Crippen LogP contribution in [-0.2, 0) is 49.9 Å². The van der Waals surface area contributed by atoms with E-state index < -0.39 is 0 Å². The van der Waals surface area contributed by atoms with Crippen molar-refractivity contribution in [1.82, 2.24) is 0 Å². The summed E-state index contributed by atoms with van der Waals surface area (Å²) >= 11 is 0. The molecule has 0 aliphatic rings. The summed E-state index contributed by atoms with van der Waals surface area (Å²) in [6.07, 6.45) is 0. The molecule has 7 aromatic carbocycles. The van der Waals surface area contributed by atoms with Crippen LogP contribution in [0.15, 0.2) is 170 Å². The van der Waals surface area contributed by atoms with Crippen molar-refractivity contribution in [1.29, 1.82) is 0 Å². The molecule has 0 aromatic heterocycles. The smallest absolute Gasteiger partial charge is 0.161 e. The Balaban J connectivity index is 0.000000430. The number of hydrogen-bond donors (Lipinski definition) is 2. The molecule has 0 heterocycles. The minimum absolute atomic E-state index is 0. The van der Waals surface area contributed by atoms with E-state index in [1.54, 1.807) is 0 Å². The van der Waals surface area contributed by atoms with Crippen molar-refractivity contribution < 1.29 is 45.5 Å². The van der Waals surface area contributed by atoms with Crippen LogP contribution >= 0.6 is 0 Å². The number of ether oxygens (including phenoxy) is 2. The van der Waals surface area contributed by atoms with Gasteiger partial charge in [0.1, 0.15) is 24.7 Å². The van der Waals surface area contributed by atoms with Crippen LogP contribution in [-0.4, -0.2) is 10.2 Å². The molecule has 4 nitrogen and oxygen atoms in total. The van der Waals surface area contributed by atoms with Crippen molar-refractivity contribution in [3.05, 3.63) is 217 Å². The quantitative estimate of drug-likeness (QED) is 0.118. The largest absolute Gasteiger partial charge is 0.507 e. The van der Waals surface area contributed by atoms with Crippen molar-refractivity contribution in [2.24, 2.45) is 0 Å². The van der Waals surface area contributed by atoms with Gasteiger partial charge < -0.3 is 19.7 Å². The Hall–Kier alpha value is -5.65. The van der Waals surface area contributed by atoms with E-state index in [1.807, 2.05) is 158 Å². The van der Waals surface area contributed by atoms with Crippen LogP contribution < -0.4 is 9.47 Å². The van der Waals surface area contributed by atoms with Crippen LogP contribution in [0.3, 0.4) is 0 Å². The second-order valence-corrected chi connectivity index (χ2v) is 16.3. The van der Waals surface area contributed by atoms with Gasteiger partial charge in [-0.15, -0.1) is 24.3 Å². The first-order valence-corrected chi connectivity index (χ1v) is 19.6. The Labute approximate surface area is 371 Å². The van der Waals surface area contributed by atoms with E-state index in [2.05, 4.69) is 67.5 Å². The van der Waals surface area contributed by atoms with Crippen LogP contribution in [0.4, 0.5) is 0 Å². The van der Waals surface area contributed by atoms with Gasteiger partial charge in [0.2, 0.25) is 0 Å². The molecule has 0 radical (unpaired) electrons. The van der Waals surface area contributed by atoms with Gasteiger partial charge in [-0.2, -0.15) is 49.2 Å². The summed E-state index contributed by atoms with van der Waals surface area (Å²) < 4.78 is 12.6. The summed E-state index contributed by atoms with van der Waals surface area (Å²) in [7, 11) is 0. The third kappa shape index (κ3) is 13.4. The minimum Gasteiger partial charge on any atom is -0.507 e. The van der Waals surface area contributed by atoms with Crippen LogP contribution in [0.5, 0.6) is 23.0 Å². The zero-order valence-corrected chi connectivity index (χ0v) is 38.8. The minimum atomic E-state index is -0.116. The fourth-order valence-corrected chi connectivity index (χ4v) is 6.11. The molecule has 7 rings (SSSR count). The van der Waals surface area contributed by atoms with Crippen LogP contribution in [0.2, 0.25) is 0 Å². The van der Waals surface area contributed by atoms with Crippen molar-refractivity contribution in [3.63, 3.8) is 0 Å². The van der Waals surface area contributed by atoms with Crippen molar-refractivity contribution in [2.45, 2.75) is 65.6 Å². The monoisotopic (exact) mass is 948 g/mol. The second kappa shape index (κ2) is 21.4. The first-order valence-electron chi connectivity index (χ1n) is 19.6. The standard InChI is InChI=1S/C40H42O4.2C7H7.Hf/c1-39(2,3)31-21-29(37(41)33(23-31)27-15-9-7-10-16-27)25-43-35-19-13-14-20-36(35)44-26-30-22-32(40(4,5)6)24-34(38(30)42)28-17-11-8-12-18-28;2*1-7-5-3-2-4-6-7;/h7-24,41-42H,25-26H2,1-6H3;2*2-6H,1H2;/q;2*-1;. The zero-order valence-electron chi connectivity index (χ0n) is 35.2. The predicted octanol–water partition coefficient (Wildman–Crippen LogP) is 13.9. The molecule has 0 fully saturated rings. The molecule has 2 N–H and O–H groups in total. The van der Waals surface area contributed by atoms with Gasteiger partial charge in [0.05, 0.1) is 0 Å². The van der Waals surface area contributed by atoms with Gasteiger partial charge in [0, 0.05) is 48.1 Å². The Kier molecular flexibility index (Phi) is 16.7. The summed E-state index contributed by atoms with van der Waals surface area (Å²) in [5.41, 5.74) is 9.01. The van der Waals surface area contributed by atoms with Gasteiger partial charge >= 0.3 is 0 Å². The van der Waals surface area contributed by atoms with E-state index in [0.717, 1.165) is 44.5 Å². The van der Waals surface area contributed by atoms with E-state index in [9.17, 15) is 10.2 Å². The number of rotatable bonds is 8. The predicted molar refractivity (Wildman–Crippen MR) is 241 cm³/mol. The molecule has 0 saturated heterocycles. The third-order valence-electron chi connectivity index (χ3n) is 9.58. The molecule has 302 valence electrons. The zero-order chi connectivity index (χ0) is 41.7. The fourth-order valence-electron chi connectivity index (χ4n) is 6.11. The van der Waals surface area contributed by atoms with Crippen molar-refractivity contribution in [3.8, 4) is 45.3 Å². The van der Waals surface area contributed by atoms with Gasteiger partial charge in [-0.25, -0.2) is 0 Å². The number of phenolic OH excluding ortho intramolecular Hbond substituents is 2. The van der Waals surface area contributed by atoms with E-state index >= 15 is 0 Å². The van der Waals surface area contributed by atoms with E-state index in [0.29, 0.717) is 22.6 Å². The van der Waals surface area contributed by atoms with Gasteiger partial charge in [0.25, 0.3) is 0 Å². The molecule has 0 amide bonds. The van der Waals surface area contributed by atoms with Gasteiger partial charge in [0.15, 0.2) is 11.5 Å². The second-order valence-electron chi connectivity index (χ2n) is 16.3. The Bertz CT molecular complexity index is 2160. The summed E-state index contributed by atoms with van der Waals surface area (Å²) in [5.74, 6) is 1.54. The average Bonchev–Trinajstić information content (AvgIpc) is 3.21. The molecule has 7 aromatic rings. The summed E-state index contributed by atoms with van der Waals surface area (Å²) in [6, 6.07) is 55.3. The number of phenols is 2. The summed E-state index contributed by atoms with van der Waals surface area (Å²) in [4.78, 5) is 0. The molecule has 0 aliphatic carbocycles. The van der Waals surface area contributed by atoms with Crippen LogP contribution in [0, 0.1) is 13.8 Å². The molecule has 0 saturated carbocycles. The van der Waals surface area contributed by atoms with Gasteiger partial charge in [-0.05, 0) is 69.5 Å². The topological polar surface area (TPSA) is 58.9 Å².